The van der Waals surface area contributed by atoms with Gasteiger partial charge in [0.05, 0.1) is 0 Å². The highest BCUT2D eigenvalue weighted by atomic mass is 31.1. The van der Waals surface area contributed by atoms with Gasteiger partial charge in [-0.3, -0.25) is 0 Å². The van der Waals surface area contributed by atoms with Crippen LogP contribution >= 0.6 is 8.03 Å². The minimum Gasteiger partial charge on any atom is -0.328 e. The molecule has 3 N–H and O–H groups in total. The van der Waals surface area contributed by atoms with E-state index in [0.29, 0.717) is 11.3 Å². The smallest absolute Gasteiger partial charge is 0.328 e. The minimum absolute atomic E-state index is 0.384. The number of hydrogen-bond acceptors (Lipinski definition) is 2. The third-order valence-corrected chi connectivity index (χ3v) is 2.36. The first kappa shape index (κ1) is 13.2. The Morgan fingerprint density at radius 2 is 1.86 bits per heavy atom. The van der Waals surface area contributed by atoms with Crippen LogP contribution in [0.1, 0.15) is 20.3 Å². The summed E-state index contributed by atoms with van der Waals surface area (Å²) in [6.07, 6.45) is 1.08. The summed E-state index contributed by atoms with van der Waals surface area (Å²) < 4.78 is 10.3. The average molecular weight is 214 g/mol. The highest BCUT2D eigenvalue weighted by molar-refractivity contribution is 7.47. The van der Waals surface area contributed by atoms with Gasteiger partial charge < -0.3 is 5.73 Å². The molecule has 0 saturated carbocycles. The first-order valence-corrected chi connectivity index (χ1v) is 5.76. The van der Waals surface area contributed by atoms with Gasteiger partial charge in [0.2, 0.25) is 5.30 Å². The fourth-order valence-corrected chi connectivity index (χ4v) is 0.983. The molecule has 0 heterocycles. The molecule has 1 rings (SSSR count). The summed E-state index contributed by atoms with van der Waals surface area (Å²) in [5, 5.41) is 0.479. The largest absolute Gasteiger partial charge is 0.546 e. The number of rotatable bonds is 2. The number of hydrogen-bond donors (Lipinski definition) is 2. The van der Waals surface area contributed by atoms with Crippen LogP contribution in [0.3, 0.4) is 0 Å². The van der Waals surface area contributed by atoms with E-state index in [9.17, 15) is 4.57 Å². The Morgan fingerprint density at radius 1 is 1.43 bits per heavy atom. The minimum atomic E-state index is -2.15. The summed E-state index contributed by atoms with van der Waals surface area (Å²) >= 11 is 0. The van der Waals surface area contributed by atoms with E-state index in [1.165, 1.54) is 0 Å². The van der Waals surface area contributed by atoms with Crippen LogP contribution in [-0.2, 0) is 4.57 Å². The van der Waals surface area contributed by atoms with E-state index in [0.717, 1.165) is 6.42 Å². The van der Waals surface area contributed by atoms with Crippen molar-refractivity contribution in [1.82, 2.24) is 0 Å². The summed E-state index contributed by atoms with van der Waals surface area (Å²) in [5.74, 6) is 0. The van der Waals surface area contributed by atoms with Gasteiger partial charge in [-0.2, -0.15) is 4.89 Å². The van der Waals surface area contributed by atoms with E-state index in [1.807, 2.05) is 13.0 Å². The SMILES string of the molecule is CCC(C)N.O=[P+](O)c1ccccc1. The Hall–Kier alpha value is -0.760. The standard InChI is InChI=1S/C6H5O2P.C4H11N/c7-9(8)6-4-2-1-3-5-6;1-3-4(2)5/h1-5H;4H,3,5H2,1-2H3/p+1. The zero-order valence-electron chi connectivity index (χ0n) is 8.55. The van der Waals surface area contributed by atoms with E-state index in [2.05, 4.69) is 6.92 Å². The highest BCUT2D eigenvalue weighted by Gasteiger charge is 2.12. The van der Waals surface area contributed by atoms with Crippen molar-refractivity contribution >= 4 is 13.3 Å². The van der Waals surface area contributed by atoms with E-state index >= 15 is 0 Å². The lowest BCUT2D eigenvalue weighted by atomic mass is 10.3. The molecule has 0 amide bonds. The van der Waals surface area contributed by atoms with E-state index in [-0.39, 0.29) is 0 Å². The zero-order chi connectivity index (χ0) is 11.0. The van der Waals surface area contributed by atoms with E-state index in [4.69, 9.17) is 10.6 Å². The molecule has 0 saturated heterocycles. The first-order chi connectivity index (χ1) is 6.57. The van der Waals surface area contributed by atoms with E-state index < -0.39 is 8.03 Å². The molecular formula is C10H17NO2P+. The van der Waals surface area contributed by atoms with Crippen LogP contribution in [0, 0.1) is 0 Å². The van der Waals surface area contributed by atoms with Crippen LogP contribution in [0.25, 0.3) is 0 Å². The molecule has 1 aromatic carbocycles. The van der Waals surface area contributed by atoms with Crippen molar-refractivity contribution in [3.8, 4) is 0 Å². The third kappa shape index (κ3) is 6.72. The molecule has 2 atom stereocenters. The van der Waals surface area contributed by atoms with Gasteiger partial charge in [0.25, 0.3) is 0 Å². The quantitative estimate of drug-likeness (QED) is 0.738. The maximum absolute atomic E-state index is 10.3. The van der Waals surface area contributed by atoms with Crippen LogP contribution in [-0.4, -0.2) is 10.9 Å². The van der Waals surface area contributed by atoms with Crippen molar-refractivity contribution in [3.05, 3.63) is 30.3 Å². The monoisotopic (exact) mass is 214 g/mol. The summed E-state index contributed by atoms with van der Waals surface area (Å²) in [4.78, 5) is 8.53. The van der Waals surface area contributed by atoms with Gasteiger partial charge in [-0.15, -0.1) is 0 Å². The molecular weight excluding hydrogens is 197 g/mol. The summed E-state index contributed by atoms with van der Waals surface area (Å²) in [7, 11) is -2.15. The molecule has 0 aromatic heterocycles. The summed E-state index contributed by atoms with van der Waals surface area (Å²) in [6.45, 7) is 4.07. The lowest BCUT2D eigenvalue weighted by Crippen LogP contribution is -2.11. The van der Waals surface area contributed by atoms with Gasteiger partial charge in [-0.05, 0) is 30.0 Å². The highest BCUT2D eigenvalue weighted by Crippen LogP contribution is 2.10. The van der Waals surface area contributed by atoms with Gasteiger partial charge in [-0.1, -0.05) is 25.1 Å². The fraction of sp³-hybridized carbons (Fsp3) is 0.400. The molecule has 78 valence electrons. The molecule has 14 heavy (non-hydrogen) atoms. The summed E-state index contributed by atoms with van der Waals surface area (Å²) in [6, 6.07) is 8.91. The van der Waals surface area contributed by atoms with Gasteiger partial charge in [0.1, 0.15) is 0 Å². The van der Waals surface area contributed by atoms with Crippen molar-refractivity contribution in [3.63, 3.8) is 0 Å². The second-order valence-electron chi connectivity index (χ2n) is 2.99. The molecule has 3 nitrogen and oxygen atoms in total. The molecule has 1 aromatic rings. The Labute approximate surface area is 85.8 Å². The van der Waals surface area contributed by atoms with Gasteiger partial charge >= 0.3 is 8.03 Å². The molecule has 2 unspecified atom stereocenters. The molecule has 0 spiro atoms. The Bertz CT molecular complexity index is 262. The average Bonchev–Trinajstić information content (AvgIpc) is 2.20. The van der Waals surface area contributed by atoms with E-state index in [1.54, 1.807) is 24.3 Å². The topological polar surface area (TPSA) is 63.3 Å². The second kappa shape index (κ2) is 7.63. The molecule has 0 bridgehead atoms. The molecule has 4 heteroatoms. The van der Waals surface area contributed by atoms with Gasteiger partial charge in [0, 0.05) is 6.04 Å². The van der Waals surface area contributed by atoms with Crippen molar-refractivity contribution in [2.45, 2.75) is 26.3 Å². The zero-order valence-corrected chi connectivity index (χ0v) is 9.45. The molecule has 0 aliphatic carbocycles. The van der Waals surface area contributed by atoms with Crippen LogP contribution in [0.4, 0.5) is 0 Å². The van der Waals surface area contributed by atoms with Crippen molar-refractivity contribution in [2.75, 3.05) is 0 Å². The van der Waals surface area contributed by atoms with Crippen molar-refractivity contribution in [2.24, 2.45) is 5.73 Å². The van der Waals surface area contributed by atoms with Crippen LogP contribution in [0.2, 0.25) is 0 Å². The van der Waals surface area contributed by atoms with Gasteiger partial charge in [-0.25, -0.2) is 0 Å². The van der Waals surface area contributed by atoms with Gasteiger partial charge in [0.15, 0.2) is 0 Å². The number of nitrogens with two attached hydrogens (primary N) is 1. The van der Waals surface area contributed by atoms with Crippen LogP contribution in [0.5, 0.6) is 0 Å². The summed E-state index contributed by atoms with van der Waals surface area (Å²) in [5.41, 5.74) is 5.29. The van der Waals surface area contributed by atoms with Crippen LogP contribution < -0.4 is 11.0 Å². The van der Waals surface area contributed by atoms with Crippen molar-refractivity contribution in [1.29, 1.82) is 0 Å². The third-order valence-electron chi connectivity index (χ3n) is 1.62. The number of benzene rings is 1. The lowest BCUT2D eigenvalue weighted by Gasteiger charge is -1.91. The predicted octanol–water partition coefficient (Wildman–Crippen LogP) is 1.79. The molecule has 0 aliphatic rings. The second-order valence-corrected chi connectivity index (χ2v) is 4.06. The van der Waals surface area contributed by atoms with Crippen LogP contribution in [0.15, 0.2) is 30.3 Å². The Kier molecular flexibility index (Phi) is 7.21. The molecule has 0 aliphatic heterocycles. The first-order valence-electron chi connectivity index (χ1n) is 4.54. The predicted molar refractivity (Wildman–Crippen MR) is 59.8 cm³/mol. The fourth-order valence-electron chi connectivity index (χ4n) is 0.556. The molecule has 0 radical (unpaired) electrons. The molecule has 0 fully saturated rings. The van der Waals surface area contributed by atoms with Crippen molar-refractivity contribution < 1.29 is 9.46 Å². The normalized spacial score (nSPS) is 12.4. The maximum atomic E-state index is 10.3. The maximum Gasteiger partial charge on any atom is 0.546 e. The lowest BCUT2D eigenvalue weighted by molar-refractivity contribution is 0.513. The Balaban J connectivity index is 0.000000292. The Morgan fingerprint density at radius 3 is 2.07 bits per heavy atom.